The maximum Gasteiger partial charge on any atom is 0.302 e. The normalized spacial score (nSPS) is 11.4. The van der Waals surface area contributed by atoms with Gasteiger partial charge in [0.2, 0.25) is 0 Å². The Kier molecular flexibility index (Phi) is 5.66. The molecule has 0 saturated heterocycles. The Morgan fingerprint density at radius 3 is 2.48 bits per heavy atom. The van der Waals surface area contributed by atoms with Crippen molar-refractivity contribution in [2.24, 2.45) is 7.05 Å². The molecule has 1 aromatic heterocycles. The predicted molar refractivity (Wildman–Crippen MR) is 112 cm³/mol. The van der Waals surface area contributed by atoms with Crippen LogP contribution in [0.2, 0.25) is 5.02 Å². The average Bonchev–Trinajstić information content (AvgIpc) is 2.97. The van der Waals surface area contributed by atoms with Crippen LogP contribution in [0.3, 0.4) is 0 Å². The molecule has 0 aliphatic rings. The van der Waals surface area contributed by atoms with E-state index in [9.17, 15) is 0 Å². The topological polar surface area (TPSA) is 36.3 Å². The summed E-state index contributed by atoms with van der Waals surface area (Å²) in [6, 6.07) is 8.60. The van der Waals surface area contributed by atoms with Gasteiger partial charge in [-0.2, -0.15) is 4.98 Å². The Bertz CT molecular complexity index is 974. The molecule has 1 heterocycles. The number of methoxy groups -OCH3 is 1. The first kappa shape index (κ1) is 19.6. The van der Waals surface area contributed by atoms with Gasteiger partial charge in [0, 0.05) is 7.05 Å². The van der Waals surface area contributed by atoms with Crippen molar-refractivity contribution in [3.05, 3.63) is 46.0 Å². The van der Waals surface area contributed by atoms with Gasteiger partial charge >= 0.3 is 6.01 Å². The standard InChI is InChI=1S/C22H27ClN2O2/c1-7-15(8-2)16-9-10-17(23)19-20(16)25(5)22(24-19)27-21-14(4)11-13(3)12-18(21)26-6/h9-12,15H,7-8H2,1-6H3. The molecule has 0 bridgehead atoms. The first-order valence-electron chi connectivity index (χ1n) is 9.39. The number of nitrogens with zero attached hydrogens (tertiary/aromatic N) is 2. The molecular weight excluding hydrogens is 360 g/mol. The van der Waals surface area contributed by atoms with Crippen LogP contribution in [0, 0.1) is 13.8 Å². The van der Waals surface area contributed by atoms with Crippen molar-refractivity contribution in [1.82, 2.24) is 9.55 Å². The van der Waals surface area contributed by atoms with Crippen molar-refractivity contribution in [3.8, 4) is 17.5 Å². The Labute approximate surface area is 166 Å². The third kappa shape index (κ3) is 3.51. The second-order valence-corrected chi connectivity index (χ2v) is 7.42. The summed E-state index contributed by atoms with van der Waals surface area (Å²) in [5, 5.41) is 0.637. The number of aryl methyl sites for hydroxylation is 3. The van der Waals surface area contributed by atoms with Gasteiger partial charge in [0.15, 0.2) is 11.5 Å². The zero-order chi connectivity index (χ0) is 19.7. The third-order valence-electron chi connectivity index (χ3n) is 5.19. The molecule has 3 aromatic rings. The summed E-state index contributed by atoms with van der Waals surface area (Å²) < 4.78 is 13.7. The lowest BCUT2D eigenvalue weighted by atomic mass is 9.93. The number of benzene rings is 2. The summed E-state index contributed by atoms with van der Waals surface area (Å²) in [4.78, 5) is 4.71. The fourth-order valence-corrected chi connectivity index (χ4v) is 3.93. The molecule has 0 N–H and O–H groups in total. The van der Waals surface area contributed by atoms with E-state index in [0.29, 0.717) is 28.5 Å². The maximum atomic E-state index is 6.46. The first-order chi connectivity index (χ1) is 12.9. The number of ether oxygens (including phenoxy) is 2. The van der Waals surface area contributed by atoms with E-state index in [1.54, 1.807) is 7.11 Å². The number of fused-ring (bicyclic) bond motifs is 1. The first-order valence-corrected chi connectivity index (χ1v) is 9.76. The van der Waals surface area contributed by atoms with Crippen LogP contribution < -0.4 is 9.47 Å². The largest absolute Gasteiger partial charge is 0.493 e. The van der Waals surface area contributed by atoms with E-state index in [0.717, 1.165) is 35.0 Å². The van der Waals surface area contributed by atoms with Crippen LogP contribution in [0.5, 0.6) is 17.5 Å². The molecule has 0 unspecified atom stereocenters. The lowest BCUT2D eigenvalue weighted by molar-refractivity contribution is 0.361. The lowest BCUT2D eigenvalue weighted by Crippen LogP contribution is -2.02. The molecular formula is C22H27ClN2O2. The van der Waals surface area contributed by atoms with Gasteiger partial charge < -0.3 is 9.47 Å². The minimum atomic E-state index is 0.462. The average molecular weight is 387 g/mol. The molecule has 27 heavy (non-hydrogen) atoms. The van der Waals surface area contributed by atoms with Crippen molar-refractivity contribution < 1.29 is 9.47 Å². The molecule has 0 atom stereocenters. The highest BCUT2D eigenvalue weighted by Gasteiger charge is 2.21. The van der Waals surface area contributed by atoms with Crippen molar-refractivity contribution in [2.45, 2.75) is 46.5 Å². The van der Waals surface area contributed by atoms with Crippen molar-refractivity contribution in [1.29, 1.82) is 0 Å². The van der Waals surface area contributed by atoms with E-state index in [-0.39, 0.29) is 0 Å². The minimum absolute atomic E-state index is 0.462. The summed E-state index contributed by atoms with van der Waals surface area (Å²) in [6.45, 7) is 8.47. The molecule has 0 fully saturated rings. The number of hydrogen-bond donors (Lipinski definition) is 0. The summed E-state index contributed by atoms with van der Waals surface area (Å²) >= 11 is 6.46. The number of hydrogen-bond acceptors (Lipinski definition) is 3. The van der Waals surface area contributed by atoms with Crippen LogP contribution >= 0.6 is 11.6 Å². The quantitative estimate of drug-likeness (QED) is 0.482. The SMILES string of the molecule is CCC(CC)c1ccc(Cl)c2nc(Oc3c(C)cc(C)cc3OC)n(C)c12. The Balaban J connectivity index is 2.16. The van der Waals surface area contributed by atoms with Crippen molar-refractivity contribution >= 4 is 22.6 Å². The summed E-state index contributed by atoms with van der Waals surface area (Å²) in [6.07, 6.45) is 2.14. The highest BCUT2D eigenvalue weighted by Crippen LogP contribution is 2.39. The number of imidazole rings is 1. The molecule has 2 aromatic carbocycles. The predicted octanol–water partition coefficient (Wildman–Crippen LogP) is 6.55. The summed E-state index contributed by atoms with van der Waals surface area (Å²) in [5.41, 5.74) is 5.21. The number of rotatable bonds is 6. The van der Waals surface area contributed by atoms with E-state index in [1.165, 1.54) is 5.56 Å². The van der Waals surface area contributed by atoms with Crippen molar-refractivity contribution in [3.63, 3.8) is 0 Å². The molecule has 3 rings (SSSR count). The van der Waals surface area contributed by atoms with E-state index in [2.05, 4.69) is 26.0 Å². The van der Waals surface area contributed by atoms with Gasteiger partial charge in [-0.05, 0) is 61.4 Å². The third-order valence-corrected chi connectivity index (χ3v) is 5.49. The zero-order valence-corrected chi connectivity index (χ0v) is 17.6. The van der Waals surface area contributed by atoms with Crippen molar-refractivity contribution in [2.75, 3.05) is 7.11 Å². The minimum Gasteiger partial charge on any atom is -0.493 e. The van der Waals surface area contributed by atoms with Crippen LogP contribution in [-0.4, -0.2) is 16.7 Å². The molecule has 0 aliphatic heterocycles. The van der Waals surface area contributed by atoms with Crippen LogP contribution in [0.4, 0.5) is 0 Å². The van der Waals surface area contributed by atoms with Crippen LogP contribution in [0.1, 0.15) is 49.3 Å². The van der Waals surface area contributed by atoms with E-state index in [4.69, 9.17) is 26.1 Å². The molecule has 5 heteroatoms. The van der Waals surface area contributed by atoms with Crippen LogP contribution in [-0.2, 0) is 7.05 Å². The van der Waals surface area contributed by atoms with E-state index in [1.807, 2.05) is 37.6 Å². The fraction of sp³-hybridized carbons (Fsp3) is 0.409. The Hall–Kier alpha value is -2.20. The molecule has 0 amide bonds. The summed E-state index contributed by atoms with van der Waals surface area (Å²) in [5.74, 6) is 1.84. The summed E-state index contributed by atoms with van der Waals surface area (Å²) in [7, 11) is 3.63. The van der Waals surface area contributed by atoms with Crippen LogP contribution in [0.25, 0.3) is 11.0 Å². The van der Waals surface area contributed by atoms with Gasteiger partial charge in [-0.25, -0.2) is 0 Å². The van der Waals surface area contributed by atoms with Gasteiger partial charge in [0.05, 0.1) is 17.6 Å². The molecule has 144 valence electrons. The Morgan fingerprint density at radius 1 is 1.15 bits per heavy atom. The molecule has 0 aliphatic carbocycles. The zero-order valence-electron chi connectivity index (χ0n) is 16.9. The maximum absolute atomic E-state index is 6.46. The van der Waals surface area contributed by atoms with Crippen LogP contribution in [0.15, 0.2) is 24.3 Å². The Morgan fingerprint density at radius 2 is 1.85 bits per heavy atom. The fourth-order valence-electron chi connectivity index (χ4n) is 3.73. The molecule has 0 radical (unpaired) electrons. The highest BCUT2D eigenvalue weighted by molar-refractivity contribution is 6.35. The monoisotopic (exact) mass is 386 g/mol. The van der Waals surface area contributed by atoms with E-state index >= 15 is 0 Å². The van der Waals surface area contributed by atoms with Gasteiger partial charge in [-0.1, -0.05) is 37.6 Å². The van der Waals surface area contributed by atoms with Gasteiger partial charge in [-0.3, -0.25) is 4.57 Å². The van der Waals surface area contributed by atoms with E-state index < -0.39 is 0 Å². The highest BCUT2D eigenvalue weighted by atomic mass is 35.5. The second kappa shape index (κ2) is 7.81. The smallest absolute Gasteiger partial charge is 0.302 e. The van der Waals surface area contributed by atoms with Gasteiger partial charge in [0.25, 0.3) is 0 Å². The molecule has 0 spiro atoms. The van der Waals surface area contributed by atoms with Gasteiger partial charge in [-0.15, -0.1) is 0 Å². The molecule has 0 saturated carbocycles. The van der Waals surface area contributed by atoms with Gasteiger partial charge in [0.1, 0.15) is 5.52 Å². The lowest BCUT2D eigenvalue weighted by Gasteiger charge is -2.16. The number of halogens is 1. The second-order valence-electron chi connectivity index (χ2n) is 7.02. The number of aromatic nitrogens is 2. The molecule has 4 nitrogen and oxygen atoms in total.